The second kappa shape index (κ2) is 11.8. The summed E-state index contributed by atoms with van der Waals surface area (Å²) in [5.74, 6) is 0.0141. The fourth-order valence-electron chi connectivity index (χ4n) is 4.69. The molecule has 40 heavy (non-hydrogen) atoms. The minimum Gasteiger partial charge on any atom is -0.507 e. The number of carbonyl (C=O) groups is 2. The number of likely N-dealkylation sites (tertiary alicyclic amines) is 1. The summed E-state index contributed by atoms with van der Waals surface area (Å²) in [5, 5.41) is 11.4. The van der Waals surface area contributed by atoms with Crippen LogP contribution in [-0.2, 0) is 22.7 Å². The zero-order valence-corrected chi connectivity index (χ0v) is 22.1. The largest absolute Gasteiger partial charge is 0.507 e. The molecule has 0 aliphatic carbocycles. The molecule has 1 unspecified atom stereocenters. The summed E-state index contributed by atoms with van der Waals surface area (Å²) in [6.07, 6.45) is 3.15. The highest BCUT2D eigenvalue weighted by Crippen LogP contribution is 2.41. The molecule has 1 amide bonds. The SMILES string of the molecule is C=CCOc1ccc(C2/C(=C(/O)c3ccc(OCc4cccc(C)c4)cc3)C(=O)C(=O)N2Cc2ccco2)cc1. The van der Waals surface area contributed by atoms with E-state index in [0.717, 1.165) is 11.1 Å². The van der Waals surface area contributed by atoms with Crippen LogP contribution in [0.5, 0.6) is 11.5 Å². The van der Waals surface area contributed by atoms with Gasteiger partial charge in [0.15, 0.2) is 0 Å². The van der Waals surface area contributed by atoms with Gasteiger partial charge in [-0.1, -0.05) is 54.6 Å². The van der Waals surface area contributed by atoms with Crippen LogP contribution in [0.25, 0.3) is 5.76 Å². The lowest BCUT2D eigenvalue weighted by atomic mass is 9.95. The second-order valence-corrected chi connectivity index (χ2v) is 9.48. The first-order valence-corrected chi connectivity index (χ1v) is 12.9. The topological polar surface area (TPSA) is 89.2 Å². The predicted molar refractivity (Wildman–Crippen MR) is 151 cm³/mol. The maximum absolute atomic E-state index is 13.3. The van der Waals surface area contributed by atoms with Crippen molar-refractivity contribution in [3.8, 4) is 11.5 Å². The van der Waals surface area contributed by atoms with Crippen molar-refractivity contribution < 1.29 is 28.6 Å². The molecule has 1 fully saturated rings. The molecule has 4 aromatic rings. The average molecular weight is 536 g/mol. The molecule has 1 aromatic heterocycles. The van der Waals surface area contributed by atoms with E-state index in [1.54, 1.807) is 66.7 Å². The van der Waals surface area contributed by atoms with Crippen LogP contribution in [0.2, 0.25) is 0 Å². The maximum atomic E-state index is 13.3. The van der Waals surface area contributed by atoms with E-state index in [9.17, 15) is 14.7 Å². The van der Waals surface area contributed by atoms with E-state index in [0.29, 0.717) is 41.6 Å². The molecule has 1 saturated heterocycles. The van der Waals surface area contributed by atoms with Gasteiger partial charge in [0, 0.05) is 5.56 Å². The van der Waals surface area contributed by atoms with Gasteiger partial charge >= 0.3 is 0 Å². The van der Waals surface area contributed by atoms with E-state index in [2.05, 4.69) is 12.6 Å². The van der Waals surface area contributed by atoms with Crippen molar-refractivity contribution in [1.82, 2.24) is 4.90 Å². The van der Waals surface area contributed by atoms with Crippen molar-refractivity contribution in [1.29, 1.82) is 0 Å². The third-order valence-electron chi connectivity index (χ3n) is 6.63. The van der Waals surface area contributed by atoms with Crippen LogP contribution in [0, 0.1) is 6.92 Å². The number of aryl methyl sites for hydroxylation is 1. The number of Topliss-reactive ketones (excluding diaryl/α,β-unsaturated/α-hetero) is 1. The summed E-state index contributed by atoms with van der Waals surface area (Å²) in [5.41, 5.74) is 3.25. The van der Waals surface area contributed by atoms with Crippen molar-refractivity contribution in [3.05, 3.63) is 137 Å². The standard InChI is InChI=1S/C33H29NO6/c1-3-17-38-26-13-9-24(10-14-26)30-29(32(36)33(37)34(30)20-28-8-5-18-39-28)31(35)25-11-15-27(16-12-25)40-21-23-7-4-6-22(2)19-23/h3-16,18-19,30,35H,1,17,20-21H2,2H3/b31-29-. The molecule has 0 saturated carbocycles. The summed E-state index contributed by atoms with van der Waals surface area (Å²) < 4.78 is 16.9. The molecule has 0 spiro atoms. The van der Waals surface area contributed by atoms with E-state index >= 15 is 0 Å². The van der Waals surface area contributed by atoms with Gasteiger partial charge in [-0.3, -0.25) is 9.59 Å². The Morgan fingerprint density at radius 3 is 2.38 bits per heavy atom. The van der Waals surface area contributed by atoms with Crippen LogP contribution in [0.15, 0.2) is 114 Å². The minimum absolute atomic E-state index is 0.00439. The molecule has 202 valence electrons. The summed E-state index contributed by atoms with van der Waals surface area (Å²) in [7, 11) is 0. The van der Waals surface area contributed by atoms with Crippen LogP contribution >= 0.6 is 0 Å². The van der Waals surface area contributed by atoms with E-state index in [4.69, 9.17) is 13.9 Å². The lowest BCUT2D eigenvalue weighted by Gasteiger charge is -2.24. The smallest absolute Gasteiger partial charge is 0.296 e. The van der Waals surface area contributed by atoms with Crippen LogP contribution in [0.3, 0.4) is 0 Å². The number of carbonyl (C=O) groups excluding carboxylic acids is 2. The van der Waals surface area contributed by atoms with E-state index in [-0.39, 0.29) is 17.9 Å². The van der Waals surface area contributed by atoms with Gasteiger partial charge in [0.05, 0.1) is 24.4 Å². The van der Waals surface area contributed by atoms with Gasteiger partial charge in [0.2, 0.25) is 0 Å². The molecule has 7 heteroatoms. The summed E-state index contributed by atoms with van der Waals surface area (Å²) in [6.45, 7) is 6.49. The molecule has 1 aliphatic rings. The molecule has 7 nitrogen and oxygen atoms in total. The fourth-order valence-corrected chi connectivity index (χ4v) is 4.69. The number of ether oxygens (including phenoxy) is 2. The Bertz CT molecular complexity index is 1530. The number of benzene rings is 3. The van der Waals surface area contributed by atoms with Crippen molar-refractivity contribution in [2.45, 2.75) is 26.1 Å². The normalized spacial score (nSPS) is 16.2. The molecule has 0 radical (unpaired) electrons. The number of aliphatic hydroxyl groups is 1. The minimum atomic E-state index is -0.823. The zero-order chi connectivity index (χ0) is 28.1. The first-order valence-electron chi connectivity index (χ1n) is 12.9. The van der Waals surface area contributed by atoms with Gasteiger partial charge in [0.1, 0.15) is 36.2 Å². The highest BCUT2D eigenvalue weighted by Gasteiger charge is 2.46. The Morgan fingerprint density at radius 2 is 1.70 bits per heavy atom. The molecule has 5 rings (SSSR count). The van der Waals surface area contributed by atoms with Gasteiger partial charge in [-0.25, -0.2) is 0 Å². The van der Waals surface area contributed by atoms with Crippen molar-refractivity contribution in [2.75, 3.05) is 6.61 Å². The predicted octanol–water partition coefficient (Wildman–Crippen LogP) is 6.35. The van der Waals surface area contributed by atoms with Crippen LogP contribution < -0.4 is 9.47 Å². The van der Waals surface area contributed by atoms with E-state index in [1.807, 2.05) is 25.1 Å². The molecule has 2 heterocycles. The number of hydrogen-bond acceptors (Lipinski definition) is 6. The lowest BCUT2D eigenvalue weighted by Crippen LogP contribution is -2.29. The number of furan rings is 1. The number of aliphatic hydroxyl groups excluding tert-OH is 1. The van der Waals surface area contributed by atoms with Gasteiger partial charge in [0.25, 0.3) is 11.7 Å². The fraction of sp³-hybridized carbons (Fsp3) is 0.152. The maximum Gasteiger partial charge on any atom is 0.296 e. The Balaban J connectivity index is 1.45. The summed E-state index contributed by atoms with van der Waals surface area (Å²) >= 11 is 0. The van der Waals surface area contributed by atoms with Gasteiger partial charge < -0.3 is 23.9 Å². The third kappa shape index (κ3) is 5.68. The number of hydrogen-bond donors (Lipinski definition) is 1. The molecule has 1 aliphatic heterocycles. The van der Waals surface area contributed by atoms with Crippen LogP contribution in [-0.4, -0.2) is 28.3 Å². The molecule has 1 atom stereocenters. The molecular formula is C33H29NO6. The van der Waals surface area contributed by atoms with E-state index in [1.165, 1.54) is 11.2 Å². The number of rotatable bonds is 10. The molecule has 0 bridgehead atoms. The van der Waals surface area contributed by atoms with Crippen molar-refractivity contribution in [3.63, 3.8) is 0 Å². The van der Waals surface area contributed by atoms with Gasteiger partial charge in [-0.15, -0.1) is 0 Å². The summed E-state index contributed by atoms with van der Waals surface area (Å²) in [6, 6.07) is 24.5. The first kappa shape index (κ1) is 26.6. The Hall–Kier alpha value is -5.04. The van der Waals surface area contributed by atoms with Crippen LogP contribution in [0.1, 0.15) is 34.1 Å². The molecular weight excluding hydrogens is 506 g/mol. The molecule has 1 N–H and O–H groups in total. The number of amides is 1. The van der Waals surface area contributed by atoms with Crippen molar-refractivity contribution in [2.24, 2.45) is 0 Å². The Labute approximate surface area is 232 Å². The monoisotopic (exact) mass is 535 g/mol. The average Bonchev–Trinajstić information content (AvgIpc) is 3.58. The highest BCUT2D eigenvalue weighted by atomic mass is 16.5. The number of nitrogens with zero attached hydrogens (tertiary/aromatic N) is 1. The van der Waals surface area contributed by atoms with E-state index < -0.39 is 17.7 Å². The lowest BCUT2D eigenvalue weighted by molar-refractivity contribution is -0.140. The van der Waals surface area contributed by atoms with Crippen LogP contribution in [0.4, 0.5) is 0 Å². The molecule has 3 aromatic carbocycles. The quantitative estimate of drug-likeness (QED) is 0.110. The second-order valence-electron chi connectivity index (χ2n) is 9.48. The van der Waals surface area contributed by atoms with Gasteiger partial charge in [-0.05, 0) is 66.6 Å². The highest BCUT2D eigenvalue weighted by molar-refractivity contribution is 6.46. The van der Waals surface area contributed by atoms with Crippen molar-refractivity contribution >= 4 is 17.4 Å². The first-order chi connectivity index (χ1) is 19.4. The zero-order valence-electron chi connectivity index (χ0n) is 22.1. The summed E-state index contributed by atoms with van der Waals surface area (Å²) in [4.78, 5) is 27.9. The Kier molecular flexibility index (Phi) is 7.82. The number of ketones is 1. The van der Waals surface area contributed by atoms with Gasteiger partial charge in [-0.2, -0.15) is 0 Å². The third-order valence-corrected chi connectivity index (χ3v) is 6.63. The Morgan fingerprint density at radius 1 is 0.975 bits per heavy atom.